The van der Waals surface area contributed by atoms with Crippen molar-refractivity contribution in [3.63, 3.8) is 0 Å². The van der Waals surface area contributed by atoms with Crippen LogP contribution in [-0.2, 0) is 16.1 Å². The topological polar surface area (TPSA) is 92.1 Å². The van der Waals surface area contributed by atoms with E-state index in [1.54, 1.807) is 35.0 Å². The first kappa shape index (κ1) is 21.0. The quantitative estimate of drug-likeness (QED) is 0.810. The van der Waals surface area contributed by atoms with Crippen LogP contribution in [0.1, 0.15) is 41.1 Å². The van der Waals surface area contributed by atoms with Crippen molar-refractivity contribution >= 4 is 17.7 Å². The van der Waals surface area contributed by atoms with Crippen LogP contribution < -0.4 is 10.1 Å². The average molecular weight is 425 g/mol. The van der Waals surface area contributed by atoms with E-state index in [1.807, 2.05) is 25.1 Å². The number of carbonyl (C=O) groups is 3. The van der Waals surface area contributed by atoms with Crippen LogP contribution in [-0.4, -0.2) is 59.8 Å². The minimum absolute atomic E-state index is 0.00799. The number of aryl methyl sites for hydroxylation is 1. The van der Waals surface area contributed by atoms with Crippen LogP contribution in [0.25, 0.3) is 0 Å². The van der Waals surface area contributed by atoms with Crippen molar-refractivity contribution in [1.29, 1.82) is 0 Å². The molecule has 1 N–H and O–H groups in total. The molecule has 1 aromatic heterocycles. The molecule has 8 nitrogen and oxygen atoms in total. The first-order chi connectivity index (χ1) is 14.8. The molecular formula is C23H27N3O5. The lowest BCUT2D eigenvalue weighted by Gasteiger charge is -2.32. The van der Waals surface area contributed by atoms with Gasteiger partial charge < -0.3 is 24.3 Å². The Hall–Kier alpha value is -3.29. The van der Waals surface area contributed by atoms with Gasteiger partial charge in [-0.2, -0.15) is 0 Å². The maximum atomic E-state index is 12.7. The number of carbonyl (C=O) groups excluding carboxylic acids is 3. The smallest absolute Gasteiger partial charge is 0.255 e. The summed E-state index contributed by atoms with van der Waals surface area (Å²) in [4.78, 5) is 41.0. The minimum atomic E-state index is -0.673. The van der Waals surface area contributed by atoms with E-state index in [4.69, 9.17) is 9.15 Å². The Labute approximate surface area is 181 Å². The Kier molecular flexibility index (Phi) is 5.71. The van der Waals surface area contributed by atoms with Gasteiger partial charge in [0, 0.05) is 26.4 Å². The number of nitrogens with one attached hydrogen (secondary N) is 1. The summed E-state index contributed by atoms with van der Waals surface area (Å²) < 4.78 is 11.8. The summed E-state index contributed by atoms with van der Waals surface area (Å²) in [5.41, 5.74) is -0.176. The molecule has 0 aliphatic carbocycles. The number of likely N-dealkylation sites (tertiary alicyclic amines) is 1. The highest BCUT2D eigenvalue weighted by molar-refractivity contribution is 5.97. The Morgan fingerprint density at radius 2 is 2.00 bits per heavy atom. The molecule has 0 saturated carbocycles. The summed E-state index contributed by atoms with van der Waals surface area (Å²) in [5, 5.41) is 2.93. The summed E-state index contributed by atoms with van der Waals surface area (Å²) >= 11 is 0. The van der Waals surface area contributed by atoms with Gasteiger partial charge in [0.15, 0.2) is 0 Å². The first-order valence-electron chi connectivity index (χ1n) is 10.5. The molecule has 1 saturated heterocycles. The van der Waals surface area contributed by atoms with Gasteiger partial charge >= 0.3 is 0 Å². The fourth-order valence-corrected chi connectivity index (χ4v) is 4.05. The SMILES string of the molecule is Cc1ccc(CN(C)C(=O)CN2CCC3(CCC2=O)CNC(=O)c2ccccc2O3)o1. The van der Waals surface area contributed by atoms with Gasteiger partial charge in [-0.25, -0.2) is 0 Å². The van der Waals surface area contributed by atoms with Crippen molar-refractivity contribution in [3.8, 4) is 5.75 Å². The van der Waals surface area contributed by atoms with Crippen LogP contribution in [0, 0.1) is 6.92 Å². The number of benzene rings is 1. The van der Waals surface area contributed by atoms with Gasteiger partial charge in [0.25, 0.3) is 5.91 Å². The molecule has 1 fully saturated rings. The zero-order valence-electron chi connectivity index (χ0n) is 17.8. The largest absolute Gasteiger partial charge is 0.485 e. The third kappa shape index (κ3) is 4.57. The molecule has 1 aromatic carbocycles. The van der Waals surface area contributed by atoms with E-state index in [1.165, 1.54) is 0 Å². The van der Waals surface area contributed by atoms with Crippen LogP contribution in [0.15, 0.2) is 40.8 Å². The molecule has 31 heavy (non-hydrogen) atoms. The van der Waals surface area contributed by atoms with Crippen molar-refractivity contribution in [2.24, 2.45) is 0 Å². The van der Waals surface area contributed by atoms with E-state index in [0.717, 1.165) is 5.76 Å². The highest BCUT2D eigenvalue weighted by Crippen LogP contribution is 2.33. The third-order valence-electron chi connectivity index (χ3n) is 5.95. The number of para-hydroxylation sites is 1. The van der Waals surface area contributed by atoms with Crippen LogP contribution in [0.5, 0.6) is 5.75 Å². The fourth-order valence-electron chi connectivity index (χ4n) is 4.05. The molecule has 2 aliphatic heterocycles. The van der Waals surface area contributed by atoms with Crippen molar-refractivity contribution in [2.45, 2.75) is 38.3 Å². The number of hydrogen-bond donors (Lipinski definition) is 1. The lowest BCUT2D eigenvalue weighted by Crippen LogP contribution is -2.46. The average Bonchev–Trinajstić information content (AvgIpc) is 3.03. The van der Waals surface area contributed by atoms with Crippen molar-refractivity contribution in [3.05, 3.63) is 53.5 Å². The molecule has 1 atom stereocenters. The van der Waals surface area contributed by atoms with Crippen LogP contribution >= 0.6 is 0 Å². The standard InChI is InChI=1S/C23H27N3O5/c1-16-7-8-17(30-16)13-25(2)21(28)14-26-12-11-23(10-9-20(26)27)15-24-22(29)18-5-3-4-6-19(18)31-23/h3-8H,9-15H2,1-2H3,(H,24,29). The maximum absolute atomic E-state index is 12.7. The summed E-state index contributed by atoms with van der Waals surface area (Å²) in [6.45, 7) is 2.93. The van der Waals surface area contributed by atoms with E-state index >= 15 is 0 Å². The number of nitrogens with zero attached hydrogens (tertiary/aromatic N) is 2. The lowest BCUT2D eigenvalue weighted by atomic mass is 9.94. The van der Waals surface area contributed by atoms with Gasteiger partial charge in [-0.3, -0.25) is 14.4 Å². The summed E-state index contributed by atoms with van der Waals surface area (Å²) in [5.74, 6) is 1.61. The molecule has 0 bridgehead atoms. The number of likely N-dealkylation sites (N-methyl/N-ethyl adjacent to an activating group) is 1. The molecular weight excluding hydrogens is 398 g/mol. The Balaban J connectivity index is 1.42. The van der Waals surface area contributed by atoms with Gasteiger partial charge in [-0.05, 0) is 37.6 Å². The highest BCUT2D eigenvalue weighted by atomic mass is 16.5. The van der Waals surface area contributed by atoms with Crippen molar-refractivity contribution in [1.82, 2.24) is 15.1 Å². The second-order valence-electron chi connectivity index (χ2n) is 8.29. The van der Waals surface area contributed by atoms with E-state index in [0.29, 0.717) is 49.5 Å². The normalized spacial score (nSPS) is 21.0. The van der Waals surface area contributed by atoms with Gasteiger partial charge in [-0.15, -0.1) is 0 Å². The Bertz CT molecular complexity index is 1000. The van der Waals surface area contributed by atoms with Gasteiger partial charge in [0.1, 0.15) is 22.9 Å². The fraction of sp³-hybridized carbons (Fsp3) is 0.435. The molecule has 2 aliphatic rings. The molecule has 0 radical (unpaired) electrons. The highest BCUT2D eigenvalue weighted by Gasteiger charge is 2.40. The number of ether oxygens (including phenoxy) is 1. The summed E-state index contributed by atoms with van der Waals surface area (Å²) in [6, 6.07) is 10.8. The summed E-state index contributed by atoms with van der Waals surface area (Å²) in [6.07, 6.45) is 1.26. The number of furan rings is 1. The van der Waals surface area contributed by atoms with Crippen LogP contribution in [0.2, 0.25) is 0 Å². The molecule has 4 rings (SSSR count). The number of rotatable bonds is 4. The maximum Gasteiger partial charge on any atom is 0.255 e. The zero-order valence-corrected chi connectivity index (χ0v) is 17.8. The Morgan fingerprint density at radius 3 is 2.77 bits per heavy atom. The molecule has 1 spiro atoms. The molecule has 1 unspecified atom stereocenters. The second-order valence-corrected chi connectivity index (χ2v) is 8.29. The number of amides is 3. The molecule has 164 valence electrons. The van der Waals surface area contributed by atoms with Gasteiger partial charge in [0.2, 0.25) is 11.8 Å². The van der Waals surface area contributed by atoms with E-state index in [2.05, 4.69) is 5.32 Å². The molecule has 8 heteroatoms. The second kappa shape index (κ2) is 8.45. The predicted molar refractivity (Wildman–Crippen MR) is 112 cm³/mol. The first-order valence-corrected chi connectivity index (χ1v) is 10.5. The molecule has 3 heterocycles. The minimum Gasteiger partial charge on any atom is -0.485 e. The third-order valence-corrected chi connectivity index (χ3v) is 5.95. The van der Waals surface area contributed by atoms with Crippen LogP contribution in [0.3, 0.4) is 0 Å². The number of fused-ring (bicyclic) bond motifs is 1. The van der Waals surface area contributed by atoms with Gasteiger partial charge in [0.05, 0.1) is 25.2 Å². The van der Waals surface area contributed by atoms with E-state index < -0.39 is 5.60 Å². The monoisotopic (exact) mass is 425 g/mol. The van der Waals surface area contributed by atoms with Gasteiger partial charge in [-0.1, -0.05) is 12.1 Å². The van der Waals surface area contributed by atoms with E-state index in [-0.39, 0.29) is 30.7 Å². The summed E-state index contributed by atoms with van der Waals surface area (Å²) in [7, 11) is 1.70. The van der Waals surface area contributed by atoms with E-state index in [9.17, 15) is 14.4 Å². The molecule has 2 aromatic rings. The number of hydrogen-bond acceptors (Lipinski definition) is 5. The lowest BCUT2D eigenvalue weighted by molar-refractivity contribution is -0.139. The van der Waals surface area contributed by atoms with Crippen molar-refractivity contribution < 1.29 is 23.5 Å². The van der Waals surface area contributed by atoms with Crippen LogP contribution in [0.4, 0.5) is 0 Å². The molecule has 3 amide bonds. The predicted octanol–water partition coefficient (Wildman–Crippen LogP) is 2.12. The zero-order chi connectivity index (χ0) is 22.0. The van der Waals surface area contributed by atoms with Crippen molar-refractivity contribution in [2.75, 3.05) is 26.7 Å². The Morgan fingerprint density at radius 1 is 1.19 bits per heavy atom.